The summed E-state index contributed by atoms with van der Waals surface area (Å²) in [5.41, 5.74) is 0. The summed E-state index contributed by atoms with van der Waals surface area (Å²) in [6.07, 6.45) is 3.97. The number of hydrogen-bond acceptors (Lipinski definition) is 5. The molecule has 3 rings (SSSR count). The number of nitrogens with one attached hydrogen (secondary N) is 1. The quantitative estimate of drug-likeness (QED) is 0.516. The van der Waals surface area contributed by atoms with Gasteiger partial charge in [-0.2, -0.15) is 4.98 Å². The van der Waals surface area contributed by atoms with Gasteiger partial charge in [-0.05, 0) is 62.3 Å². The van der Waals surface area contributed by atoms with Crippen LogP contribution in [0.5, 0.6) is 11.6 Å². The number of benzene rings is 2. The van der Waals surface area contributed by atoms with Gasteiger partial charge in [-0.1, -0.05) is 44.2 Å². The Morgan fingerprint density at radius 2 is 1.82 bits per heavy atom. The van der Waals surface area contributed by atoms with Crippen LogP contribution in [0.25, 0.3) is 10.8 Å². The molecule has 0 saturated carbocycles. The lowest BCUT2D eigenvalue weighted by atomic mass is 10.1. The molecule has 2 aromatic carbocycles. The van der Waals surface area contributed by atoms with Gasteiger partial charge >= 0.3 is 0 Å². The second-order valence-electron chi connectivity index (χ2n) is 7.04. The van der Waals surface area contributed by atoms with E-state index in [1.54, 1.807) is 12.3 Å². The molecule has 1 aromatic heterocycles. The third-order valence-electron chi connectivity index (χ3n) is 4.95. The topological polar surface area (TPSA) is 50.3 Å². The van der Waals surface area contributed by atoms with Crippen molar-refractivity contribution in [1.82, 2.24) is 14.9 Å². The Morgan fingerprint density at radius 3 is 2.61 bits per heavy atom. The van der Waals surface area contributed by atoms with E-state index in [1.807, 2.05) is 24.3 Å². The van der Waals surface area contributed by atoms with Crippen molar-refractivity contribution < 1.29 is 4.74 Å². The van der Waals surface area contributed by atoms with Crippen molar-refractivity contribution in [3.63, 3.8) is 0 Å². The van der Waals surface area contributed by atoms with Gasteiger partial charge < -0.3 is 15.0 Å². The van der Waals surface area contributed by atoms with E-state index >= 15 is 0 Å². The van der Waals surface area contributed by atoms with Crippen LogP contribution in [0, 0.1) is 0 Å². The molecule has 28 heavy (non-hydrogen) atoms. The second kappa shape index (κ2) is 10.0. The third kappa shape index (κ3) is 5.67. The van der Waals surface area contributed by atoms with E-state index in [0.29, 0.717) is 17.9 Å². The highest BCUT2D eigenvalue weighted by atomic mass is 16.5. The van der Waals surface area contributed by atoms with Crippen molar-refractivity contribution in [3.05, 3.63) is 54.7 Å². The predicted octanol–water partition coefficient (Wildman–Crippen LogP) is 5.34. The molecule has 0 saturated heterocycles. The van der Waals surface area contributed by atoms with Gasteiger partial charge in [0.1, 0.15) is 5.75 Å². The Hall–Kier alpha value is -2.66. The molecule has 3 aromatic rings. The van der Waals surface area contributed by atoms with Gasteiger partial charge in [-0.25, -0.2) is 4.98 Å². The van der Waals surface area contributed by atoms with Gasteiger partial charge in [0.2, 0.25) is 11.8 Å². The molecular weight excluding hydrogens is 348 g/mol. The van der Waals surface area contributed by atoms with Crippen LogP contribution in [0.15, 0.2) is 54.7 Å². The maximum Gasteiger partial charge on any atom is 0.226 e. The largest absolute Gasteiger partial charge is 0.439 e. The number of hydrogen-bond donors (Lipinski definition) is 1. The fourth-order valence-corrected chi connectivity index (χ4v) is 3.27. The number of ether oxygens (including phenoxy) is 1. The maximum atomic E-state index is 5.95. The average molecular weight is 379 g/mol. The SMILES string of the molecule is CCN(CC)CCCC(C)Nc1nccc(Oc2ccc3ccccc3c2)n1. The van der Waals surface area contributed by atoms with Gasteiger partial charge in [0.05, 0.1) is 0 Å². The Kier molecular flexibility index (Phi) is 7.20. The first-order valence-electron chi connectivity index (χ1n) is 10.2. The van der Waals surface area contributed by atoms with Crippen molar-refractivity contribution in [2.24, 2.45) is 0 Å². The molecule has 0 aliphatic rings. The molecule has 0 aliphatic heterocycles. The van der Waals surface area contributed by atoms with Crippen molar-refractivity contribution >= 4 is 16.7 Å². The predicted molar refractivity (Wildman–Crippen MR) is 116 cm³/mol. The summed E-state index contributed by atoms with van der Waals surface area (Å²) in [4.78, 5) is 11.3. The van der Waals surface area contributed by atoms with Crippen molar-refractivity contribution in [1.29, 1.82) is 0 Å². The van der Waals surface area contributed by atoms with Gasteiger partial charge in [0.15, 0.2) is 0 Å². The normalized spacial score (nSPS) is 12.3. The van der Waals surface area contributed by atoms with E-state index in [0.717, 1.165) is 43.6 Å². The highest BCUT2D eigenvalue weighted by Gasteiger charge is 2.08. The van der Waals surface area contributed by atoms with Gasteiger partial charge in [-0.3, -0.25) is 0 Å². The van der Waals surface area contributed by atoms with Crippen LogP contribution in [-0.4, -0.2) is 40.5 Å². The second-order valence-corrected chi connectivity index (χ2v) is 7.04. The fraction of sp³-hybridized carbons (Fsp3) is 0.391. The Morgan fingerprint density at radius 1 is 1.04 bits per heavy atom. The molecule has 1 heterocycles. The Labute approximate surface area is 167 Å². The molecule has 0 fully saturated rings. The van der Waals surface area contributed by atoms with Crippen LogP contribution < -0.4 is 10.1 Å². The van der Waals surface area contributed by atoms with Crippen LogP contribution in [0.4, 0.5) is 5.95 Å². The average Bonchev–Trinajstić information content (AvgIpc) is 2.71. The van der Waals surface area contributed by atoms with Crippen LogP contribution in [0.3, 0.4) is 0 Å². The van der Waals surface area contributed by atoms with Crippen molar-refractivity contribution in [3.8, 4) is 11.6 Å². The first-order valence-corrected chi connectivity index (χ1v) is 10.2. The van der Waals surface area contributed by atoms with E-state index in [4.69, 9.17) is 4.74 Å². The Bertz CT molecular complexity index is 879. The molecule has 0 radical (unpaired) electrons. The number of rotatable bonds is 10. The van der Waals surface area contributed by atoms with E-state index in [2.05, 4.69) is 59.2 Å². The minimum atomic E-state index is 0.312. The maximum absolute atomic E-state index is 5.95. The van der Waals surface area contributed by atoms with Gasteiger partial charge in [0, 0.05) is 18.3 Å². The zero-order valence-corrected chi connectivity index (χ0v) is 17.1. The lowest BCUT2D eigenvalue weighted by Crippen LogP contribution is -2.25. The minimum Gasteiger partial charge on any atom is -0.439 e. The molecule has 1 N–H and O–H groups in total. The van der Waals surface area contributed by atoms with Crippen LogP contribution in [0.1, 0.15) is 33.6 Å². The molecule has 1 atom stereocenters. The van der Waals surface area contributed by atoms with Crippen LogP contribution in [0.2, 0.25) is 0 Å². The zero-order valence-electron chi connectivity index (χ0n) is 17.1. The van der Waals surface area contributed by atoms with Crippen molar-refractivity contribution in [2.45, 2.75) is 39.7 Å². The number of aromatic nitrogens is 2. The molecule has 5 heteroatoms. The smallest absolute Gasteiger partial charge is 0.226 e. The van der Waals surface area contributed by atoms with E-state index in [-0.39, 0.29) is 0 Å². The summed E-state index contributed by atoms with van der Waals surface area (Å²) in [5, 5.41) is 5.73. The lowest BCUT2D eigenvalue weighted by molar-refractivity contribution is 0.295. The zero-order chi connectivity index (χ0) is 19.8. The monoisotopic (exact) mass is 378 g/mol. The first kappa shape index (κ1) is 20.1. The minimum absolute atomic E-state index is 0.312. The summed E-state index contributed by atoms with van der Waals surface area (Å²) in [6.45, 7) is 9.93. The summed E-state index contributed by atoms with van der Waals surface area (Å²) in [5.74, 6) is 1.92. The van der Waals surface area contributed by atoms with Gasteiger partial charge in [-0.15, -0.1) is 0 Å². The summed E-state index contributed by atoms with van der Waals surface area (Å²) < 4.78 is 5.95. The van der Waals surface area contributed by atoms with Gasteiger partial charge in [0.25, 0.3) is 0 Å². The molecule has 1 unspecified atom stereocenters. The summed E-state index contributed by atoms with van der Waals surface area (Å²) >= 11 is 0. The highest BCUT2D eigenvalue weighted by molar-refractivity contribution is 5.83. The molecule has 5 nitrogen and oxygen atoms in total. The van der Waals surface area contributed by atoms with E-state index in [9.17, 15) is 0 Å². The molecule has 0 amide bonds. The van der Waals surface area contributed by atoms with Crippen LogP contribution >= 0.6 is 0 Å². The Balaban J connectivity index is 1.57. The number of anilines is 1. The molecular formula is C23H30N4O. The van der Waals surface area contributed by atoms with E-state index < -0.39 is 0 Å². The number of fused-ring (bicyclic) bond motifs is 1. The molecule has 0 aliphatic carbocycles. The molecule has 0 spiro atoms. The lowest BCUT2D eigenvalue weighted by Gasteiger charge is -2.19. The van der Waals surface area contributed by atoms with Crippen molar-refractivity contribution in [2.75, 3.05) is 25.0 Å². The first-order chi connectivity index (χ1) is 13.7. The molecule has 148 valence electrons. The van der Waals surface area contributed by atoms with E-state index in [1.165, 1.54) is 5.39 Å². The standard InChI is InChI=1S/C23H30N4O/c1-4-27(5-2)16-8-9-18(3)25-23-24-15-14-22(26-23)28-21-13-12-19-10-6-7-11-20(19)17-21/h6-7,10-15,17-18H,4-5,8-9,16H2,1-3H3,(H,24,25,26). The summed E-state index contributed by atoms with van der Waals surface area (Å²) in [6, 6.07) is 16.4. The summed E-state index contributed by atoms with van der Waals surface area (Å²) in [7, 11) is 0. The highest BCUT2D eigenvalue weighted by Crippen LogP contribution is 2.25. The van der Waals surface area contributed by atoms with Crippen LogP contribution in [-0.2, 0) is 0 Å². The third-order valence-corrected chi connectivity index (χ3v) is 4.95. The fourth-order valence-electron chi connectivity index (χ4n) is 3.27. The molecule has 0 bridgehead atoms. The number of nitrogens with zero attached hydrogens (tertiary/aromatic N) is 3.